The van der Waals surface area contributed by atoms with Gasteiger partial charge in [-0.2, -0.15) is 0 Å². The molecule has 0 saturated carbocycles. The van der Waals surface area contributed by atoms with Crippen molar-refractivity contribution >= 4 is 40.8 Å². The molecule has 0 radical (unpaired) electrons. The molecule has 1 aromatic rings. The number of ether oxygens (including phenoxy) is 2. The molecule has 1 amide bonds. The molecular weight excluding hydrogens is 305 g/mol. The van der Waals surface area contributed by atoms with Crippen LogP contribution in [-0.2, 0) is 19.1 Å². The fourth-order valence-corrected chi connectivity index (χ4v) is 2.13. The van der Waals surface area contributed by atoms with Crippen LogP contribution < -0.4 is 5.32 Å². The first-order valence-corrected chi connectivity index (χ1v) is 6.85. The van der Waals surface area contributed by atoms with E-state index in [4.69, 9.17) is 32.7 Å². The molecule has 1 saturated heterocycles. The van der Waals surface area contributed by atoms with Gasteiger partial charge in [-0.25, -0.2) is 4.79 Å². The van der Waals surface area contributed by atoms with Crippen molar-refractivity contribution in [2.24, 2.45) is 0 Å². The molecule has 1 aromatic carbocycles. The lowest BCUT2D eigenvalue weighted by Gasteiger charge is -2.11. The Kier molecular flexibility index (Phi) is 5.23. The third kappa shape index (κ3) is 3.85. The van der Waals surface area contributed by atoms with Crippen LogP contribution in [0.5, 0.6) is 0 Å². The van der Waals surface area contributed by atoms with Crippen molar-refractivity contribution in [3.63, 3.8) is 0 Å². The van der Waals surface area contributed by atoms with Crippen LogP contribution in [-0.4, -0.2) is 31.2 Å². The summed E-state index contributed by atoms with van der Waals surface area (Å²) < 4.78 is 10.0. The molecule has 108 valence electrons. The zero-order valence-corrected chi connectivity index (χ0v) is 12.0. The van der Waals surface area contributed by atoms with Crippen molar-refractivity contribution in [2.75, 3.05) is 18.5 Å². The van der Waals surface area contributed by atoms with Crippen molar-refractivity contribution in [1.82, 2.24) is 0 Å². The average Bonchev–Trinajstić information content (AvgIpc) is 2.95. The maximum atomic E-state index is 11.7. The highest BCUT2D eigenvalue weighted by Crippen LogP contribution is 2.29. The van der Waals surface area contributed by atoms with Crippen LogP contribution in [0.1, 0.15) is 12.8 Å². The smallest absolute Gasteiger partial charge is 0.335 e. The van der Waals surface area contributed by atoms with Gasteiger partial charge >= 0.3 is 5.97 Å². The molecule has 0 unspecified atom stereocenters. The number of carbonyl (C=O) groups is 2. The summed E-state index contributed by atoms with van der Waals surface area (Å²) in [5.74, 6) is -1.00. The van der Waals surface area contributed by atoms with Gasteiger partial charge in [0.25, 0.3) is 5.91 Å². The highest BCUT2D eigenvalue weighted by atomic mass is 35.5. The van der Waals surface area contributed by atoms with E-state index >= 15 is 0 Å². The Labute approximate surface area is 126 Å². The van der Waals surface area contributed by atoms with Crippen LogP contribution in [0.2, 0.25) is 10.0 Å². The minimum atomic E-state index is -0.558. The molecule has 0 aromatic heterocycles. The molecule has 0 spiro atoms. The van der Waals surface area contributed by atoms with Gasteiger partial charge in [-0.3, -0.25) is 4.79 Å². The van der Waals surface area contributed by atoms with Crippen LogP contribution in [0, 0.1) is 0 Å². The number of halogens is 2. The van der Waals surface area contributed by atoms with E-state index in [1.165, 1.54) is 0 Å². The normalized spacial score (nSPS) is 17.8. The van der Waals surface area contributed by atoms with Crippen molar-refractivity contribution in [1.29, 1.82) is 0 Å². The van der Waals surface area contributed by atoms with Crippen LogP contribution in [0.4, 0.5) is 5.69 Å². The minimum absolute atomic E-state index is 0.243. The van der Waals surface area contributed by atoms with E-state index in [1.807, 2.05) is 0 Å². The number of esters is 1. The predicted octanol–water partition coefficient (Wildman–Crippen LogP) is 2.65. The summed E-state index contributed by atoms with van der Waals surface area (Å²) in [6, 6.07) is 4.87. The second-order valence-corrected chi connectivity index (χ2v) is 5.04. The summed E-state index contributed by atoms with van der Waals surface area (Å²) in [6.45, 7) is 0.158. The van der Waals surface area contributed by atoms with Crippen molar-refractivity contribution < 1.29 is 19.1 Å². The molecule has 0 bridgehead atoms. The fourth-order valence-electron chi connectivity index (χ4n) is 1.78. The van der Waals surface area contributed by atoms with Gasteiger partial charge in [0.15, 0.2) is 12.7 Å². The summed E-state index contributed by atoms with van der Waals surface area (Å²) in [4.78, 5) is 23.2. The van der Waals surface area contributed by atoms with Gasteiger partial charge < -0.3 is 14.8 Å². The number of carbonyl (C=O) groups excluding carboxylic acids is 2. The van der Waals surface area contributed by atoms with Gasteiger partial charge in [-0.1, -0.05) is 29.3 Å². The summed E-state index contributed by atoms with van der Waals surface area (Å²) in [5.41, 5.74) is 0.373. The topological polar surface area (TPSA) is 64.6 Å². The third-order valence-corrected chi connectivity index (χ3v) is 3.58. The SMILES string of the molecule is O=C(COC(=O)[C@@H]1CCCO1)Nc1cccc(Cl)c1Cl. The van der Waals surface area contributed by atoms with E-state index in [0.29, 0.717) is 23.7 Å². The number of rotatable bonds is 4. The van der Waals surface area contributed by atoms with Gasteiger partial charge in [0, 0.05) is 6.61 Å². The van der Waals surface area contributed by atoms with E-state index in [2.05, 4.69) is 5.32 Å². The molecule has 1 fully saturated rings. The standard InChI is InChI=1S/C13H13Cl2NO4/c14-8-3-1-4-9(12(8)15)16-11(17)7-20-13(18)10-5-2-6-19-10/h1,3-4,10H,2,5-7H2,(H,16,17)/t10-/m0/s1. The molecule has 1 aliphatic rings. The Morgan fingerprint density at radius 1 is 1.40 bits per heavy atom. The second kappa shape index (κ2) is 6.92. The molecule has 1 N–H and O–H groups in total. The third-order valence-electron chi connectivity index (χ3n) is 2.76. The number of amides is 1. The fraction of sp³-hybridized carbons (Fsp3) is 0.385. The summed E-state index contributed by atoms with van der Waals surface area (Å²) >= 11 is 11.8. The Morgan fingerprint density at radius 3 is 2.90 bits per heavy atom. The molecule has 0 aliphatic carbocycles. The number of anilines is 1. The van der Waals surface area contributed by atoms with Gasteiger partial charge in [0.1, 0.15) is 0 Å². The van der Waals surface area contributed by atoms with Gasteiger partial charge in [0.05, 0.1) is 15.7 Å². The lowest BCUT2D eigenvalue weighted by Crippen LogP contribution is -2.27. The van der Waals surface area contributed by atoms with E-state index in [0.717, 1.165) is 6.42 Å². The zero-order valence-electron chi connectivity index (χ0n) is 10.5. The highest BCUT2D eigenvalue weighted by molar-refractivity contribution is 6.43. The molecule has 7 heteroatoms. The van der Waals surface area contributed by atoms with Crippen molar-refractivity contribution in [3.05, 3.63) is 28.2 Å². The van der Waals surface area contributed by atoms with Crippen LogP contribution >= 0.6 is 23.2 Å². The predicted molar refractivity (Wildman–Crippen MR) is 75.0 cm³/mol. The monoisotopic (exact) mass is 317 g/mol. The van der Waals surface area contributed by atoms with Gasteiger partial charge in [-0.05, 0) is 25.0 Å². The maximum absolute atomic E-state index is 11.7. The number of nitrogens with one attached hydrogen (secondary N) is 1. The number of hydrogen-bond donors (Lipinski definition) is 1. The first-order valence-electron chi connectivity index (χ1n) is 6.10. The number of hydrogen-bond acceptors (Lipinski definition) is 4. The molecule has 1 heterocycles. The molecule has 5 nitrogen and oxygen atoms in total. The first-order chi connectivity index (χ1) is 9.58. The van der Waals surface area contributed by atoms with E-state index in [1.54, 1.807) is 18.2 Å². The molecule has 20 heavy (non-hydrogen) atoms. The summed E-state index contributed by atoms with van der Waals surface area (Å²) in [5, 5.41) is 3.10. The molecule has 2 rings (SSSR count). The van der Waals surface area contributed by atoms with Crippen LogP contribution in [0.25, 0.3) is 0 Å². The Bertz CT molecular complexity index is 515. The molecule has 1 atom stereocenters. The highest BCUT2D eigenvalue weighted by Gasteiger charge is 2.25. The summed E-state index contributed by atoms with van der Waals surface area (Å²) in [6.07, 6.45) is 0.891. The van der Waals surface area contributed by atoms with E-state index in [9.17, 15) is 9.59 Å². The summed E-state index contributed by atoms with van der Waals surface area (Å²) in [7, 11) is 0. The Hall–Kier alpha value is -1.30. The van der Waals surface area contributed by atoms with E-state index < -0.39 is 18.0 Å². The number of benzene rings is 1. The molecule has 1 aliphatic heterocycles. The lowest BCUT2D eigenvalue weighted by atomic mass is 10.2. The Balaban J connectivity index is 1.83. The van der Waals surface area contributed by atoms with Gasteiger partial charge in [0.2, 0.25) is 0 Å². The first kappa shape index (κ1) is 15.1. The van der Waals surface area contributed by atoms with Crippen molar-refractivity contribution in [2.45, 2.75) is 18.9 Å². The minimum Gasteiger partial charge on any atom is -0.454 e. The zero-order chi connectivity index (χ0) is 14.5. The van der Waals surface area contributed by atoms with Gasteiger partial charge in [-0.15, -0.1) is 0 Å². The van der Waals surface area contributed by atoms with E-state index in [-0.39, 0.29) is 11.6 Å². The second-order valence-electron chi connectivity index (χ2n) is 4.26. The Morgan fingerprint density at radius 2 is 2.20 bits per heavy atom. The maximum Gasteiger partial charge on any atom is 0.335 e. The van der Waals surface area contributed by atoms with Crippen LogP contribution in [0.3, 0.4) is 0 Å². The largest absolute Gasteiger partial charge is 0.454 e. The van der Waals surface area contributed by atoms with Crippen molar-refractivity contribution in [3.8, 4) is 0 Å². The lowest BCUT2D eigenvalue weighted by molar-refractivity contribution is -0.156. The average molecular weight is 318 g/mol. The quantitative estimate of drug-likeness (QED) is 0.867. The molecular formula is C13H13Cl2NO4. The van der Waals surface area contributed by atoms with Crippen LogP contribution in [0.15, 0.2) is 18.2 Å².